The third kappa shape index (κ3) is 2.43. The molecule has 5 rings (SSSR count). The lowest BCUT2D eigenvalue weighted by atomic mass is 9.69. The number of hydrogen-bond donors (Lipinski definition) is 0. The molecule has 0 N–H and O–H groups in total. The summed E-state index contributed by atoms with van der Waals surface area (Å²) in [5.41, 5.74) is 1.18. The molecular formula is C19H22N4O2. The summed E-state index contributed by atoms with van der Waals surface area (Å²) in [6.07, 6.45) is 3.80. The van der Waals surface area contributed by atoms with E-state index in [0.717, 1.165) is 54.8 Å². The molecule has 25 heavy (non-hydrogen) atoms. The van der Waals surface area contributed by atoms with Gasteiger partial charge in [-0.2, -0.15) is 0 Å². The molecule has 6 heteroatoms. The van der Waals surface area contributed by atoms with Crippen molar-refractivity contribution >= 4 is 16.9 Å². The zero-order valence-corrected chi connectivity index (χ0v) is 14.4. The van der Waals surface area contributed by atoms with Crippen LogP contribution in [0.3, 0.4) is 0 Å². The Kier molecular flexibility index (Phi) is 3.35. The van der Waals surface area contributed by atoms with Crippen LogP contribution in [0.5, 0.6) is 0 Å². The highest BCUT2D eigenvalue weighted by Crippen LogP contribution is 2.43. The van der Waals surface area contributed by atoms with Gasteiger partial charge < -0.3 is 14.1 Å². The van der Waals surface area contributed by atoms with E-state index in [2.05, 4.69) is 15.1 Å². The molecule has 1 saturated carbocycles. The van der Waals surface area contributed by atoms with Gasteiger partial charge in [-0.1, -0.05) is 24.6 Å². The lowest BCUT2D eigenvalue weighted by molar-refractivity contribution is 0.0187. The van der Waals surface area contributed by atoms with Crippen molar-refractivity contribution in [3.8, 4) is 11.6 Å². The average Bonchev–Trinajstić information content (AvgIpc) is 3.09. The molecule has 1 aliphatic carbocycles. The molecule has 0 radical (unpaired) electrons. The minimum atomic E-state index is 0.308. The van der Waals surface area contributed by atoms with Crippen LogP contribution in [0.15, 0.2) is 34.7 Å². The van der Waals surface area contributed by atoms with Gasteiger partial charge in [-0.3, -0.25) is 4.57 Å². The first kappa shape index (κ1) is 15.0. The van der Waals surface area contributed by atoms with Crippen LogP contribution in [0.1, 0.15) is 19.3 Å². The van der Waals surface area contributed by atoms with Gasteiger partial charge in [0.15, 0.2) is 5.76 Å². The van der Waals surface area contributed by atoms with Crippen molar-refractivity contribution in [3.05, 3.63) is 30.3 Å². The maximum atomic E-state index is 5.97. The van der Waals surface area contributed by atoms with Crippen molar-refractivity contribution in [2.24, 2.45) is 12.5 Å². The number of nitrogens with zero attached hydrogens (tertiary/aromatic N) is 4. The fourth-order valence-electron chi connectivity index (χ4n) is 4.05. The smallest absolute Gasteiger partial charge is 0.227 e. The fourth-order valence-corrected chi connectivity index (χ4v) is 4.05. The van der Waals surface area contributed by atoms with Gasteiger partial charge >= 0.3 is 0 Å². The lowest BCUT2D eigenvalue weighted by Gasteiger charge is -2.42. The van der Waals surface area contributed by atoms with Crippen LogP contribution in [0, 0.1) is 5.41 Å². The highest BCUT2D eigenvalue weighted by molar-refractivity contribution is 5.81. The predicted molar refractivity (Wildman–Crippen MR) is 95.5 cm³/mol. The SMILES string of the molecule is Cn1c(-c2cc3ccccc3o2)nnc1N1CCOCC2(CCC2)C1. The van der Waals surface area contributed by atoms with Crippen molar-refractivity contribution in [2.45, 2.75) is 19.3 Å². The predicted octanol–water partition coefficient (Wildman–Crippen LogP) is 3.24. The van der Waals surface area contributed by atoms with Gasteiger partial charge in [-0.25, -0.2) is 0 Å². The summed E-state index contributed by atoms with van der Waals surface area (Å²) in [5.74, 6) is 2.41. The normalized spacial score (nSPS) is 20.0. The second kappa shape index (κ2) is 5.59. The summed E-state index contributed by atoms with van der Waals surface area (Å²) in [6.45, 7) is 3.47. The first-order chi connectivity index (χ1) is 12.2. The van der Waals surface area contributed by atoms with Crippen molar-refractivity contribution in [3.63, 3.8) is 0 Å². The molecule has 130 valence electrons. The molecule has 0 amide bonds. The lowest BCUT2D eigenvalue weighted by Crippen LogP contribution is -2.44. The van der Waals surface area contributed by atoms with Gasteiger partial charge in [0.1, 0.15) is 5.58 Å². The molecule has 3 aromatic rings. The van der Waals surface area contributed by atoms with Crippen molar-refractivity contribution in [1.29, 1.82) is 0 Å². The molecular weight excluding hydrogens is 316 g/mol. The van der Waals surface area contributed by atoms with E-state index in [1.165, 1.54) is 19.3 Å². The molecule has 0 bridgehead atoms. The Morgan fingerprint density at radius 1 is 1.16 bits per heavy atom. The highest BCUT2D eigenvalue weighted by atomic mass is 16.5. The summed E-state index contributed by atoms with van der Waals surface area (Å²) in [5, 5.41) is 9.97. The zero-order chi connectivity index (χ0) is 16.9. The topological polar surface area (TPSA) is 56.3 Å². The number of para-hydroxylation sites is 1. The molecule has 1 aliphatic heterocycles. The van der Waals surface area contributed by atoms with Crippen LogP contribution < -0.4 is 4.90 Å². The minimum absolute atomic E-state index is 0.308. The molecule has 0 atom stereocenters. The summed E-state index contributed by atoms with van der Waals surface area (Å²) in [7, 11) is 2.01. The van der Waals surface area contributed by atoms with Crippen LogP contribution in [0.4, 0.5) is 5.95 Å². The second-order valence-corrected chi connectivity index (χ2v) is 7.36. The molecule has 6 nitrogen and oxygen atoms in total. The standard InChI is InChI=1S/C19H22N4O2/c1-22-17(16-11-14-5-2-3-6-15(14)25-16)20-21-18(22)23-9-10-24-13-19(12-23)7-4-8-19/h2-3,5-6,11H,4,7-10,12-13H2,1H3. The Balaban J connectivity index is 1.49. The summed E-state index contributed by atoms with van der Waals surface area (Å²) < 4.78 is 13.9. The van der Waals surface area contributed by atoms with E-state index in [4.69, 9.17) is 9.15 Å². The summed E-state index contributed by atoms with van der Waals surface area (Å²) >= 11 is 0. The van der Waals surface area contributed by atoms with Gasteiger partial charge in [0.25, 0.3) is 0 Å². The molecule has 2 aromatic heterocycles. The molecule has 1 aromatic carbocycles. The monoisotopic (exact) mass is 338 g/mol. The number of anilines is 1. The largest absolute Gasteiger partial charge is 0.453 e. The van der Waals surface area contributed by atoms with Gasteiger partial charge in [0.05, 0.1) is 13.2 Å². The third-order valence-corrected chi connectivity index (χ3v) is 5.63. The second-order valence-electron chi connectivity index (χ2n) is 7.36. The van der Waals surface area contributed by atoms with Crippen LogP contribution >= 0.6 is 0 Å². The van der Waals surface area contributed by atoms with Gasteiger partial charge in [-0.15, -0.1) is 10.2 Å². The molecule has 0 unspecified atom stereocenters. The van der Waals surface area contributed by atoms with E-state index in [1.54, 1.807) is 0 Å². The summed E-state index contributed by atoms with van der Waals surface area (Å²) in [4.78, 5) is 2.32. The van der Waals surface area contributed by atoms with Crippen LogP contribution in [-0.4, -0.2) is 41.1 Å². The van der Waals surface area contributed by atoms with Crippen LogP contribution in [0.2, 0.25) is 0 Å². The first-order valence-corrected chi connectivity index (χ1v) is 8.95. The van der Waals surface area contributed by atoms with Gasteiger partial charge in [-0.05, 0) is 25.0 Å². The number of benzene rings is 1. The fraction of sp³-hybridized carbons (Fsp3) is 0.474. The van der Waals surface area contributed by atoms with E-state index in [9.17, 15) is 0 Å². The molecule has 3 heterocycles. The highest BCUT2D eigenvalue weighted by Gasteiger charge is 2.41. The first-order valence-electron chi connectivity index (χ1n) is 8.95. The van der Waals surface area contributed by atoms with Gasteiger partial charge in [0.2, 0.25) is 11.8 Å². The Labute approximate surface area is 146 Å². The van der Waals surface area contributed by atoms with Crippen LogP contribution in [-0.2, 0) is 11.8 Å². The molecule has 1 saturated heterocycles. The van der Waals surface area contributed by atoms with Crippen molar-refractivity contribution in [1.82, 2.24) is 14.8 Å². The van der Waals surface area contributed by atoms with E-state index >= 15 is 0 Å². The van der Waals surface area contributed by atoms with E-state index < -0.39 is 0 Å². The summed E-state index contributed by atoms with van der Waals surface area (Å²) in [6, 6.07) is 10.0. The van der Waals surface area contributed by atoms with Crippen molar-refractivity contribution in [2.75, 3.05) is 31.2 Å². The van der Waals surface area contributed by atoms with E-state index in [-0.39, 0.29) is 0 Å². The third-order valence-electron chi connectivity index (χ3n) is 5.63. The van der Waals surface area contributed by atoms with Gasteiger partial charge in [0, 0.05) is 30.9 Å². The number of fused-ring (bicyclic) bond motifs is 1. The van der Waals surface area contributed by atoms with Crippen molar-refractivity contribution < 1.29 is 9.15 Å². The Morgan fingerprint density at radius 3 is 2.84 bits per heavy atom. The number of hydrogen-bond acceptors (Lipinski definition) is 5. The van der Waals surface area contributed by atoms with E-state index in [0.29, 0.717) is 5.41 Å². The molecule has 1 spiro atoms. The number of furan rings is 1. The quantitative estimate of drug-likeness (QED) is 0.718. The molecule has 2 fully saturated rings. The zero-order valence-electron chi connectivity index (χ0n) is 14.4. The maximum absolute atomic E-state index is 5.97. The molecule has 2 aliphatic rings. The Morgan fingerprint density at radius 2 is 2.04 bits per heavy atom. The average molecular weight is 338 g/mol. The minimum Gasteiger partial charge on any atom is -0.453 e. The Bertz CT molecular complexity index is 876. The van der Waals surface area contributed by atoms with E-state index in [1.807, 2.05) is 41.9 Å². The number of ether oxygens (including phenoxy) is 1. The maximum Gasteiger partial charge on any atom is 0.227 e. The number of rotatable bonds is 2. The number of aromatic nitrogens is 3. The Hall–Kier alpha value is -2.34. The van der Waals surface area contributed by atoms with Crippen LogP contribution in [0.25, 0.3) is 22.6 Å².